The van der Waals surface area contributed by atoms with Crippen molar-refractivity contribution in [1.82, 2.24) is 14.6 Å². The van der Waals surface area contributed by atoms with Crippen LogP contribution >= 0.6 is 0 Å². The molecule has 6 nitrogen and oxygen atoms in total. The number of aromatic nitrogens is 1. The van der Waals surface area contributed by atoms with Crippen molar-refractivity contribution in [3.63, 3.8) is 0 Å². The number of sulfonamides is 1. The quantitative estimate of drug-likeness (QED) is 0.819. The number of hydrogen-bond acceptors (Lipinski definition) is 4. The third kappa shape index (κ3) is 5.80. The highest BCUT2D eigenvalue weighted by molar-refractivity contribution is 7.88. The first-order valence-corrected chi connectivity index (χ1v) is 7.78. The van der Waals surface area contributed by atoms with Crippen molar-refractivity contribution in [3.8, 4) is 0 Å². The molecule has 1 aromatic heterocycles. The van der Waals surface area contributed by atoms with Gasteiger partial charge in [-0.2, -0.15) is 4.31 Å². The molecule has 0 radical (unpaired) electrons. The summed E-state index contributed by atoms with van der Waals surface area (Å²) in [6, 6.07) is 5.22. The van der Waals surface area contributed by atoms with E-state index in [1.54, 1.807) is 24.4 Å². The molecule has 0 aliphatic heterocycles. The minimum atomic E-state index is -3.46. The van der Waals surface area contributed by atoms with Crippen LogP contribution < -0.4 is 5.32 Å². The lowest BCUT2D eigenvalue weighted by Crippen LogP contribution is -2.42. The van der Waals surface area contributed by atoms with Crippen LogP contribution in [-0.4, -0.2) is 42.5 Å². The first kappa shape index (κ1) is 15.6. The Bertz CT molecular complexity index is 514. The predicted molar refractivity (Wildman–Crippen MR) is 72.8 cm³/mol. The first-order chi connectivity index (χ1) is 8.79. The second-order valence-corrected chi connectivity index (χ2v) is 6.56. The van der Waals surface area contributed by atoms with Crippen molar-refractivity contribution in [3.05, 3.63) is 30.1 Å². The molecule has 1 rings (SSSR count). The third-order valence-corrected chi connectivity index (χ3v) is 3.50. The van der Waals surface area contributed by atoms with Crippen LogP contribution in [0.25, 0.3) is 0 Å². The Labute approximate surface area is 113 Å². The molecule has 0 bridgehead atoms. The highest BCUT2D eigenvalue weighted by Crippen LogP contribution is 2.05. The number of hydrogen-bond donors (Lipinski definition) is 1. The van der Waals surface area contributed by atoms with E-state index in [9.17, 15) is 13.2 Å². The van der Waals surface area contributed by atoms with Gasteiger partial charge in [0.05, 0.1) is 25.0 Å². The Kier molecular flexibility index (Phi) is 5.44. The summed E-state index contributed by atoms with van der Waals surface area (Å²) in [5, 5.41) is 2.67. The maximum absolute atomic E-state index is 11.7. The van der Waals surface area contributed by atoms with Crippen molar-refractivity contribution in [1.29, 1.82) is 0 Å². The summed E-state index contributed by atoms with van der Waals surface area (Å²) in [7, 11) is -3.46. The van der Waals surface area contributed by atoms with Gasteiger partial charge < -0.3 is 5.32 Å². The second-order valence-electron chi connectivity index (χ2n) is 4.57. The van der Waals surface area contributed by atoms with Crippen LogP contribution in [0.1, 0.15) is 19.5 Å². The van der Waals surface area contributed by atoms with Crippen molar-refractivity contribution in [2.24, 2.45) is 0 Å². The third-order valence-electron chi connectivity index (χ3n) is 2.30. The summed E-state index contributed by atoms with van der Waals surface area (Å²) < 4.78 is 24.5. The molecule has 1 aromatic rings. The molecular formula is C12H19N3O3S. The van der Waals surface area contributed by atoms with Crippen molar-refractivity contribution >= 4 is 15.9 Å². The lowest BCUT2D eigenvalue weighted by Gasteiger charge is -2.19. The van der Waals surface area contributed by atoms with Crippen LogP contribution in [0.2, 0.25) is 0 Å². The van der Waals surface area contributed by atoms with Gasteiger partial charge in [0.1, 0.15) is 0 Å². The zero-order valence-corrected chi connectivity index (χ0v) is 12.1. The molecule has 0 aliphatic carbocycles. The number of amides is 1. The van der Waals surface area contributed by atoms with Crippen molar-refractivity contribution in [2.45, 2.75) is 26.4 Å². The Hall–Kier alpha value is -1.47. The highest BCUT2D eigenvalue weighted by Gasteiger charge is 2.21. The number of rotatable bonds is 6. The van der Waals surface area contributed by atoms with E-state index in [1.165, 1.54) is 0 Å². The second kappa shape index (κ2) is 6.63. The number of pyridine rings is 1. The van der Waals surface area contributed by atoms with E-state index in [0.717, 1.165) is 10.6 Å². The summed E-state index contributed by atoms with van der Waals surface area (Å²) in [4.78, 5) is 15.7. The maximum atomic E-state index is 11.7. The van der Waals surface area contributed by atoms with Gasteiger partial charge in [-0.1, -0.05) is 6.07 Å². The summed E-state index contributed by atoms with van der Waals surface area (Å²) in [5.41, 5.74) is 0.602. The molecule has 19 heavy (non-hydrogen) atoms. The summed E-state index contributed by atoms with van der Waals surface area (Å²) in [5.74, 6) is -0.323. The van der Waals surface area contributed by atoms with Gasteiger partial charge in [0.25, 0.3) is 0 Å². The van der Waals surface area contributed by atoms with Crippen LogP contribution in [0.3, 0.4) is 0 Å². The Morgan fingerprint density at radius 2 is 2.11 bits per heavy atom. The standard InChI is InChI=1S/C12H19N3O3S/c1-10(2)14-12(16)9-15(19(3,17)18)8-11-6-4-5-7-13-11/h4-7,10H,8-9H2,1-3H3,(H,14,16). The van der Waals surface area contributed by atoms with E-state index in [2.05, 4.69) is 10.3 Å². The van der Waals surface area contributed by atoms with Crippen LogP contribution in [0, 0.1) is 0 Å². The molecular weight excluding hydrogens is 266 g/mol. The van der Waals surface area contributed by atoms with E-state index >= 15 is 0 Å². The van der Waals surface area contributed by atoms with Crippen LogP contribution in [-0.2, 0) is 21.4 Å². The normalized spacial score (nSPS) is 11.8. The van der Waals surface area contributed by atoms with E-state index in [-0.39, 0.29) is 25.0 Å². The molecule has 0 fully saturated rings. The summed E-state index contributed by atoms with van der Waals surface area (Å²) in [6.07, 6.45) is 2.67. The molecule has 0 aromatic carbocycles. The zero-order chi connectivity index (χ0) is 14.5. The summed E-state index contributed by atoms with van der Waals surface area (Å²) >= 11 is 0. The molecule has 1 N–H and O–H groups in total. The predicted octanol–water partition coefficient (Wildman–Crippen LogP) is 0.368. The lowest BCUT2D eigenvalue weighted by molar-refractivity contribution is -0.121. The van der Waals surface area contributed by atoms with E-state index in [0.29, 0.717) is 5.69 Å². The minimum absolute atomic E-state index is 0.0243. The van der Waals surface area contributed by atoms with Gasteiger partial charge in [0, 0.05) is 12.2 Å². The first-order valence-electron chi connectivity index (χ1n) is 5.93. The fourth-order valence-electron chi connectivity index (χ4n) is 1.49. The summed E-state index contributed by atoms with van der Waals surface area (Å²) in [6.45, 7) is 3.53. The van der Waals surface area contributed by atoms with Crippen LogP contribution in [0.15, 0.2) is 24.4 Å². The molecule has 0 aliphatic rings. The lowest BCUT2D eigenvalue weighted by atomic mass is 10.3. The van der Waals surface area contributed by atoms with Gasteiger partial charge in [-0.15, -0.1) is 0 Å². The monoisotopic (exact) mass is 285 g/mol. The van der Waals surface area contributed by atoms with Gasteiger partial charge in [0.2, 0.25) is 15.9 Å². The molecule has 0 atom stereocenters. The minimum Gasteiger partial charge on any atom is -0.353 e. The Balaban J connectivity index is 2.77. The smallest absolute Gasteiger partial charge is 0.235 e. The molecule has 0 unspecified atom stereocenters. The number of nitrogens with one attached hydrogen (secondary N) is 1. The Morgan fingerprint density at radius 3 is 2.58 bits per heavy atom. The van der Waals surface area contributed by atoms with Gasteiger partial charge in [-0.3, -0.25) is 9.78 Å². The van der Waals surface area contributed by atoms with E-state index in [4.69, 9.17) is 0 Å². The fraction of sp³-hybridized carbons (Fsp3) is 0.500. The average Bonchev–Trinajstić information content (AvgIpc) is 2.27. The molecule has 1 amide bonds. The number of carbonyl (C=O) groups is 1. The largest absolute Gasteiger partial charge is 0.353 e. The SMILES string of the molecule is CC(C)NC(=O)CN(Cc1ccccn1)S(C)(=O)=O. The number of carbonyl (C=O) groups excluding carboxylic acids is 1. The zero-order valence-electron chi connectivity index (χ0n) is 11.3. The van der Waals surface area contributed by atoms with Crippen LogP contribution in [0.4, 0.5) is 0 Å². The molecule has 106 valence electrons. The topological polar surface area (TPSA) is 79.4 Å². The average molecular weight is 285 g/mol. The molecule has 0 spiro atoms. The molecule has 7 heteroatoms. The Morgan fingerprint density at radius 1 is 1.42 bits per heavy atom. The highest BCUT2D eigenvalue weighted by atomic mass is 32.2. The van der Waals surface area contributed by atoms with Crippen molar-refractivity contribution < 1.29 is 13.2 Å². The maximum Gasteiger partial charge on any atom is 0.235 e. The number of nitrogens with zero attached hydrogens (tertiary/aromatic N) is 2. The molecule has 1 heterocycles. The van der Waals surface area contributed by atoms with Gasteiger partial charge in [-0.25, -0.2) is 8.42 Å². The van der Waals surface area contributed by atoms with Crippen LogP contribution in [0.5, 0.6) is 0 Å². The van der Waals surface area contributed by atoms with Gasteiger partial charge in [0.15, 0.2) is 0 Å². The van der Waals surface area contributed by atoms with Crippen molar-refractivity contribution in [2.75, 3.05) is 12.8 Å². The van der Waals surface area contributed by atoms with Gasteiger partial charge >= 0.3 is 0 Å². The van der Waals surface area contributed by atoms with E-state index in [1.807, 2.05) is 13.8 Å². The fourth-order valence-corrected chi connectivity index (χ4v) is 2.21. The molecule has 0 saturated heterocycles. The van der Waals surface area contributed by atoms with E-state index < -0.39 is 10.0 Å². The van der Waals surface area contributed by atoms with Gasteiger partial charge in [-0.05, 0) is 26.0 Å². The molecule has 0 saturated carbocycles.